The number of fused-ring (bicyclic) bond motifs is 1. The maximum Gasteiger partial charge on any atom is 0.313 e. The molecule has 0 saturated carbocycles. The number of carbonyl (C=O) groups excluding carboxylic acids is 2. The molecule has 0 aliphatic carbocycles. The van der Waals surface area contributed by atoms with Gasteiger partial charge in [0.25, 0.3) is 0 Å². The maximum atomic E-state index is 11.9. The second-order valence-electron chi connectivity index (χ2n) is 5.84. The number of aryl methyl sites for hydroxylation is 1. The summed E-state index contributed by atoms with van der Waals surface area (Å²) in [7, 11) is 0. The molecule has 0 atom stereocenters. The number of phenols is 1. The molecule has 1 aromatic heterocycles. The summed E-state index contributed by atoms with van der Waals surface area (Å²) in [6, 6.07) is 12.7. The molecule has 0 bridgehead atoms. The summed E-state index contributed by atoms with van der Waals surface area (Å²) in [6.45, 7) is 2.17. The molecule has 6 nitrogen and oxygen atoms in total. The van der Waals surface area contributed by atoms with Gasteiger partial charge in [-0.25, -0.2) is 0 Å². The molecule has 0 fully saturated rings. The van der Waals surface area contributed by atoms with E-state index >= 15 is 0 Å². The molecule has 128 valence electrons. The Labute approximate surface area is 144 Å². The zero-order valence-electron chi connectivity index (χ0n) is 13.8. The van der Waals surface area contributed by atoms with Crippen LogP contribution in [0.2, 0.25) is 0 Å². The van der Waals surface area contributed by atoms with Crippen molar-refractivity contribution in [1.82, 2.24) is 10.3 Å². The lowest BCUT2D eigenvalue weighted by molar-refractivity contribution is -0.136. The molecule has 0 unspecified atom stereocenters. The Morgan fingerprint density at radius 3 is 2.76 bits per heavy atom. The highest BCUT2D eigenvalue weighted by Crippen LogP contribution is 2.23. The van der Waals surface area contributed by atoms with Gasteiger partial charge in [-0.15, -0.1) is 0 Å². The monoisotopic (exact) mass is 337 g/mol. The van der Waals surface area contributed by atoms with Crippen LogP contribution in [0.4, 0.5) is 5.69 Å². The first-order chi connectivity index (χ1) is 12.0. The fourth-order valence-electron chi connectivity index (χ4n) is 2.66. The number of hydrogen-bond donors (Lipinski definition) is 4. The Bertz CT molecular complexity index is 931. The molecule has 2 amide bonds. The number of para-hydroxylation sites is 1. The van der Waals surface area contributed by atoms with Crippen LogP contribution in [0.5, 0.6) is 5.75 Å². The van der Waals surface area contributed by atoms with E-state index in [2.05, 4.69) is 15.6 Å². The molecule has 0 radical (unpaired) electrons. The Hall–Kier alpha value is -3.28. The van der Waals surface area contributed by atoms with E-state index in [-0.39, 0.29) is 11.4 Å². The van der Waals surface area contributed by atoms with Crippen molar-refractivity contribution in [3.05, 3.63) is 59.8 Å². The number of aromatic hydroxyl groups is 1. The highest BCUT2D eigenvalue weighted by Gasteiger charge is 2.15. The van der Waals surface area contributed by atoms with Crippen molar-refractivity contribution >= 4 is 28.4 Å². The van der Waals surface area contributed by atoms with Crippen molar-refractivity contribution in [3.8, 4) is 5.75 Å². The van der Waals surface area contributed by atoms with Crippen LogP contribution >= 0.6 is 0 Å². The average Bonchev–Trinajstić information content (AvgIpc) is 3.01. The minimum absolute atomic E-state index is 0.0782. The van der Waals surface area contributed by atoms with Gasteiger partial charge in [-0.1, -0.05) is 24.3 Å². The smallest absolute Gasteiger partial charge is 0.313 e. The summed E-state index contributed by atoms with van der Waals surface area (Å²) in [5.41, 5.74) is 3.20. The van der Waals surface area contributed by atoms with Crippen molar-refractivity contribution in [1.29, 1.82) is 0 Å². The number of aromatic amines is 1. The van der Waals surface area contributed by atoms with E-state index in [0.717, 1.165) is 22.0 Å². The average molecular weight is 337 g/mol. The van der Waals surface area contributed by atoms with Crippen LogP contribution < -0.4 is 10.6 Å². The van der Waals surface area contributed by atoms with Crippen molar-refractivity contribution in [2.24, 2.45) is 0 Å². The molecule has 3 rings (SSSR count). The van der Waals surface area contributed by atoms with Crippen LogP contribution in [0.15, 0.2) is 48.7 Å². The van der Waals surface area contributed by atoms with E-state index in [1.54, 1.807) is 12.1 Å². The summed E-state index contributed by atoms with van der Waals surface area (Å²) in [5.74, 6) is -1.62. The number of rotatable bonds is 4. The Morgan fingerprint density at radius 1 is 1.12 bits per heavy atom. The van der Waals surface area contributed by atoms with Gasteiger partial charge < -0.3 is 20.7 Å². The van der Waals surface area contributed by atoms with Crippen molar-refractivity contribution < 1.29 is 14.7 Å². The minimum Gasteiger partial charge on any atom is -0.506 e. The van der Waals surface area contributed by atoms with Crippen LogP contribution in [-0.2, 0) is 16.0 Å². The minimum atomic E-state index is -0.806. The summed E-state index contributed by atoms with van der Waals surface area (Å²) < 4.78 is 0. The zero-order chi connectivity index (χ0) is 17.8. The number of nitrogens with one attached hydrogen (secondary N) is 3. The zero-order valence-corrected chi connectivity index (χ0v) is 13.8. The van der Waals surface area contributed by atoms with E-state index in [0.29, 0.717) is 13.0 Å². The highest BCUT2D eigenvalue weighted by atomic mass is 16.3. The van der Waals surface area contributed by atoms with Gasteiger partial charge in [0.1, 0.15) is 5.75 Å². The van der Waals surface area contributed by atoms with Crippen LogP contribution in [-0.4, -0.2) is 28.4 Å². The standard InChI is InChI=1S/C19H19N3O3/c1-12-6-7-17(23)16(10-12)22-19(25)18(24)20-9-8-13-11-21-15-5-3-2-4-14(13)15/h2-7,10-11,21,23H,8-9H2,1H3,(H,20,24)(H,22,25). The second kappa shape index (κ2) is 7.09. The molecule has 6 heteroatoms. The molecule has 3 aromatic rings. The predicted molar refractivity (Wildman–Crippen MR) is 96.5 cm³/mol. The number of amides is 2. The van der Waals surface area contributed by atoms with Gasteiger partial charge in [-0.2, -0.15) is 0 Å². The lowest BCUT2D eigenvalue weighted by Crippen LogP contribution is -2.36. The Kier molecular flexibility index (Phi) is 4.70. The van der Waals surface area contributed by atoms with Gasteiger partial charge in [0.15, 0.2) is 0 Å². The second-order valence-corrected chi connectivity index (χ2v) is 5.84. The molecule has 0 aliphatic rings. The molecule has 25 heavy (non-hydrogen) atoms. The molecular formula is C19H19N3O3. The molecule has 4 N–H and O–H groups in total. The first-order valence-corrected chi connectivity index (χ1v) is 7.98. The van der Waals surface area contributed by atoms with Gasteiger partial charge in [0.05, 0.1) is 5.69 Å². The summed E-state index contributed by atoms with van der Waals surface area (Å²) in [6.07, 6.45) is 2.51. The third-order valence-corrected chi connectivity index (χ3v) is 3.96. The maximum absolute atomic E-state index is 11.9. The number of phenolic OH excluding ortho intramolecular Hbond substituents is 1. The fourth-order valence-corrected chi connectivity index (χ4v) is 2.66. The highest BCUT2D eigenvalue weighted by molar-refractivity contribution is 6.39. The van der Waals surface area contributed by atoms with E-state index in [9.17, 15) is 14.7 Å². The molecule has 0 saturated heterocycles. The lowest BCUT2D eigenvalue weighted by atomic mass is 10.1. The lowest BCUT2D eigenvalue weighted by Gasteiger charge is -2.08. The largest absolute Gasteiger partial charge is 0.506 e. The number of aromatic nitrogens is 1. The van der Waals surface area contributed by atoms with Gasteiger partial charge in [-0.3, -0.25) is 9.59 Å². The summed E-state index contributed by atoms with van der Waals surface area (Å²) in [5, 5.41) is 15.8. The third kappa shape index (κ3) is 3.80. The molecular weight excluding hydrogens is 318 g/mol. The van der Waals surface area contributed by atoms with Crippen LogP contribution in [0.3, 0.4) is 0 Å². The van der Waals surface area contributed by atoms with Crippen LogP contribution in [0.25, 0.3) is 10.9 Å². The number of hydrogen-bond acceptors (Lipinski definition) is 3. The van der Waals surface area contributed by atoms with Crippen molar-refractivity contribution in [2.75, 3.05) is 11.9 Å². The summed E-state index contributed by atoms with van der Waals surface area (Å²) in [4.78, 5) is 27.0. The third-order valence-electron chi connectivity index (χ3n) is 3.96. The summed E-state index contributed by atoms with van der Waals surface area (Å²) >= 11 is 0. The van der Waals surface area contributed by atoms with Gasteiger partial charge >= 0.3 is 11.8 Å². The van der Waals surface area contributed by atoms with E-state index in [1.807, 2.05) is 37.4 Å². The SMILES string of the molecule is Cc1ccc(O)c(NC(=O)C(=O)NCCc2c[nH]c3ccccc23)c1. The van der Waals surface area contributed by atoms with Gasteiger partial charge in [0.2, 0.25) is 0 Å². The van der Waals surface area contributed by atoms with Crippen molar-refractivity contribution in [3.63, 3.8) is 0 Å². The number of carbonyl (C=O) groups is 2. The van der Waals surface area contributed by atoms with Crippen LogP contribution in [0.1, 0.15) is 11.1 Å². The molecule has 0 spiro atoms. The number of H-pyrrole nitrogens is 1. The topological polar surface area (TPSA) is 94.2 Å². The number of anilines is 1. The van der Waals surface area contributed by atoms with Crippen LogP contribution in [0, 0.1) is 6.92 Å². The van der Waals surface area contributed by atoms with Gasteiger partial charge in [-0.05, 0) is 42.7 Å². The van der Waals surface area contributed by atoms with Gasteiger partial charge in [0, 0.05) is 23.6 Å². The first kappa shape index (κ1) is 16.6. The Balaban J connectivity index is 1.55. The fraction of sp³-hybridized carbons (Fsp3) is 0.158. The predicted octanol–water partition coefficient (Wildman–Crippen LogP) is 2.48. The quantitative estimate of drug-likeness (QED) is 0.435. The van der Waals surface area contributed by atoms with E-state index < -0.39 is 11.8 Å². The number of benzene rings is 2. The molecule has 0 aliphatic heterocycles. The molecule has 2 aromatic carbocycles. The molecule has 1 heterocycles. The van der Waals surface area contributed by atoms with Crippen molar-refractivity contribution in [2.45, 2.75) is 13.3 Å². The Morgan fingerprint density at radius 2 is 1.92 bits per heavy atom. The van der Waals surface area contributed by atoms with E-state index in [4.69, 9.17) is 0 Å². The normalized spacial score (nSPS) is 10.6. The van der Waals surface area contributed by atoms with E-state index in [1.165, 1.54) is 6.07 Å². The first-order valence-electron chi connectivity index (χ1n) is 7.98.